The highest BCUT2D eigenvalue weighted by molar-refractivity contribution is 5.73. The largest absolute Gasteiger partial charge is 0.493 e. The molecule has 15 heavy (non-hydrogen) atoms. The first-order chi connectivity index (χ1) is 7.27. The van der Waals surface area contributed by atoms with Gasteiger partial charge in [-0.05, 0) is 18.6 Å². The van der Waals surface area contributed by atoms with Crippen LogP contribution in [0.3, 0.4) is 0 Å². The molecule has 0 N–H and O–H groups in total. The average molecular weight is 207 g/mol. The highest BCUT2D eigenvalue weighted by Gasteiger charge is 2.08. The van der Waals surface area contributed by atoms with Gasteiger partial charge in [-0.15, -0.1) is 0 Å². The van der Waals surface area contributed by atoms with E-state index in [0.29, 0.717) is 17.9 Å². The van der Waals surface area contributed by atoms with Crippen molar-refractivity contribution in [1.29, 1.82) is 0 Å². The van der Waals surface area contributed by atoms with Crippen molar-refractivity contribution in [2.24, 2.45) is 0 Å². The summed E-state index contributed by atoms with van der Waals surface area (Å²) in [6.07, 6.45) is 1.87. The number of hydrogen-bond acceptors (Lipinski definition) is 3. The molecular weight excluding hydrogens is 192 g/mol. The predicted octanol–water partition coefficient (Wildman–Crippen LogP) is 2.60. The number of esters is 1. The molecule has 0 spiro atoms. The van der Waals surface area contributed by atoms with E-state index in [-0.39, 0.29) is 5.97 Å². The fourth-order valence-electron chi connectivity index (χ4n) is 1.15. The molecule has 0 fully saturated rings. The number of methoxy groups -OCH3 is 1. The summed E-state index contributed by atoms with van der Waals surface area (Å²) in [6.45, 7) is 3.67. The maximum absolute atomic E-state index is 11.3. The van der Waals surface area contributed by atoms with Gasteiger partial charge in [0.15, 0.2) is 11.5 Å². The summed E-state index contributed by atoms with van der Waals surface area (Å²) in [5.74, 6) is 0.790. The Morgan fingerprint density at radius 3 is 2.60 bits per heavy atom. The molecule has 0 saturated carbocycles. The molecule has 0 atom stereocenters. The molecule has 0 aliphatic heterocycles. The van der Waals surface area contributed by atoms with Crippen molar-refractivity contribution in [3.8, 4) is 11.5 Å². The monoisotopic (exact) mass is 207 g/mol. The van der Waals surface area contributed by atoms with Crippen LogP contribution in [0.2, 0.25) is 0 Å². The molecule has 0 amide bonds. The first kappa shape index (κ1) is 11.6. The van der Waals surface area contributed by atoms with Gasteiger partial charge in [0.2, 0.25) is 0 Å². The lowest BCUT2D eigenvalue weighted by Crippen LogP contribution is -2.08. The lowest BCUT2D eigenvalue weighted by molar-refractivity contribution is -0.134. The van der Waals surface area contributed by atoms with Gasteiger partial charge in [0.1, 0.15) is 0 Å². The number of unbranched alkanes of at least 4 members (excludes halogenated alkanes) is 1. The summed E-state index contributed by atoms with van der Waals surface area (Å²) in [4.78, 5) is 11.3. The summed E-state index contributed by atoms with van der Waals surface area (Å²) in [5.41, 5.74) is 0. The first-order valence-corrected chi connectivity index (χ1v) is 4.91. The Bertz CT molecular complexity index is 320. The number of rotatable bonds is 5. The lowest BCUT2D eigenvalue weighted by atomic mass is 10.2. The van der Waals surface area contributed by atoms with E-state index in [2.05, 4.69) is 6.92 Å². The van der Waals surface area contributed by atoms with Crippen molar-refractivity contribution in [3.63, 3.8) is 0 Å². The normalized spacial score (nSPS) is 9.73. The van der Waals surface area contributed by atoms with Gasteiger partial charge in [0, 0.05) is 6.42 Å². The summed E-state index contributed by atoms with van der Waals surface area (Å²) in [5, 5.41) is 0. The Balaban J connectivity index is 2.59. The number of benzene rings is 1. The highest BCUT2D eigenvalue weighted by atomic mass is 16.6. The zero-order valence-electron chi connectivity index (χ0n) is 8.86. The Kier molecular flexibility index (Phi) is 4.68. The van der Waals surface area contributed by atoms with Crippen LogP contribution < -0.4 is 9.47 Å². The van der Waals surface area contributed by atoms with E-state index < -0.39 is 0 Å². The van der Waals surface area contributed by atoms with E-state index in [1.807, 2.05) is 6.07 Å². The van der Waals surface area contributed by atoms with E-state index in [0.717, 1.165) is 12.8 Å². The van der Waals surface area contributed by atoms with E-state index in [4.69, 9.17) is 9.47 Å². The Morgan fingerprint density at radius 1 is 1.33 bits per heavy atom. The summed E-state index contributed by atoms with van der Waals surface area (Å²) in [7, 11) is 1.54. The smallest absolute Gasteiger partial charge is 0.311 e. The van der Waals surface area contributed by atoms with Gasteiger partial charge in [-0.3, -0.25) is 4.79 Å². The number of ether oxygens (including phenoxy) is 2. The van der Waals surface area contributed by atoms with E-state index in [1.165, 1.54) is 0 Å². The molecule has 1 aromatic rings. The second-order valence-electron chi connectivity index (χ2n) is 3.08. The Hall–Kier alpha value is -1.51. The minimum Gasteiger partial charge on any atom is -0.493 e. The number of carbonyl (C=O) groups is 1. The molecule has 0 saturated heterocycles. The molecule has 0 aliphatic rings. The second-order valence-corrected chi connectivity index (χ2v) is 3.08. The van der Waals surface area contributed by atoms with Crippen LogP contribution in [-0.4, -0.2) is 13.1 Å². The minimum absolute atomic E-state index is 0.247. The average Bonchev–Trinajstić information content (AvgIpc) is 2.27. The Labute approximate surface area is 90.0 Å². The van der Waals surface area contributed by atoms with Crippen molar-refractivity contribution in [1.82, 2.24) is 0 Å². The van der Waals surface area contributed by atoms with E-state index in [9.17, 15) is 4.79 Å². The fraction of sp³-hybridized carbons (Fsp3) is 0.333. The highest BCUT2D eigenvalue weighted by Crippen LogP contribution is 2.26. The summed E-state index contributed by atoms with van der Waals surface area (Å²) in [6, 6.07) is 7.09. The van der Waals surface area contributed by atoms with Crippen molar-refractivity contribution in [3.05, 3.63) is 31.2 Å². The molecule has 3 heteroatoms. The molecular formula is C12H15O3. The summed E-state index contributed by atoms with van der Waals surface area (Å²) >= 11 is 0. The predicted molar refractivity (Wildman–Crippen MR) is 57.8 cm³/mol. The third kappa shape index (κ3) is 3.62. The second kappa shape index (κ2) is 6.06. The molecule has 0 aliphatic carbocycles. The maximum Gasteiger partial charge on any atom is 0.311 e. The zero-order valence-corrected chi connectivity index (χ0v) is 8.86. The summed E-state index contributed by atoms with van der Waals surface area (Å²) < 4.78 is 10.2. The molecule has 0 bridgehead atoms. The van der Waals surface area contributed by atoms with Gasteiger partial charge in [-0.1, -0.05) is 25.5 Å². The van der Waals surface area contributed by atoms with Crippen LogP contribution in [0.25, 0.3) is 0 Å². The van der Waals surface area contributed by atoms with E-state index >= 15 is 0 Å². The van der Waals surface area contributed by atoms with Gasteiger partial charge >= 0.3 is 5.97 Å². The third-order valence-corrected chi connectivity index (χ3v) is 1.92. The van der Waals surface area contributed by atoms with Gasteiger partial charge in [-0.25, -0.2) is 0 Å². The topological polar surface area (TPSA) is 35.5 Å². The van der Waals surface area contributed by atoms with Gasteiger partial charge in [0.25, 0.3) is 0 Å². The molecule has 81 valence electrons. The molecule has 1 rings (SSSR count). The van der Waals surface area contributed by atoms with Crippen LogP contribution in [-0.2, 0) is 4.79 Å². The maximum atomic E-state index is 11.3. The van der Waals surface area contributed by atoms with Crippen molar-refractivity contribution < 1.29 is 14.3 Å². The van der Waals surface area contributed by atoms with Crippen LogP contribution in [0.5, 0.6) is 11.5 Å². The SMILES string of the molecule is [CH2]CCCC(=O)Oc1ccccc1OC. The van der Waals surface area contributed by atoms with Crippen LogP contribution in [0.1, 0.15) is 19.3 Å². The number of carbonyl (C=O) groups excluding carboxylic acids is 1. The first-order valence-electron chi connectivity index (χ1n) is 4.91. The van der Waals surface area contributed by atoms with Gasteiger partial charge in [-0.2, -0.15) is 0 Å². The fourth-order valence-corrected chi connectivity index (χ4v) is 1.15. The zero-order chi connectivity index (χ0) is 11.1. The molecule has 0 unspecified atom stereocenters. The number of para-hydroxylation sites is 2. The minimum atomic E-state index is -0.247. The standard InChI is InChI=1S/C12H15O3/c1-3-4-9-12(13)15-11-8-6-5-7-10(11)14-2/h5-8H,1,3-4,9H2,2H3. The quantitative estimate of drug-likeness (QED) is 0.550. The van der Waals surface area contributed by atoms with Crippen molar-refractivity contribution >= 4 is 5.97 Å². The Morgan fingerprint density at radius 2 is 2.00 bits per heavy atom. The third-order valence-electron chi connectivity index (χ3n) is 1.92. The van der Waals surface area contributed by atoms with Crippen molar-refractivity contribution in [2.45, 2.75) is 19.3 Å². The van der Waals surface area contributed by atoms with Crippen LogP contribution >= 0.6 is 0 Å². The van der Waals surface area contributed by atoms with Gasteiger partial charge in [0.05, 0.1) is 7.11 Å². The molecule has 1 aromatic carbocycles. The van der Waals surface area contributed by atoms with E-state index in [1.54, 1.807) is 25.3 Å². The number of hydrogen-bond donors (Lipinski definition) is 0. The molecule has 0 aromatic heterocycles. The van der Waals surface area contributed by atoms with Crippen LogP contribution in [0.15, 0.2) is 24.3 Å². The van der Waals surface area contributed by atoms with Crippen LogP contribution in [0.4, 0.5) is 0 Å². The van der Waals surface area contributed by atoms with Crippen LogP contribution in [0, 0.1) is 6.92 Å². The molecule has 0 heterocycles. The molecule has 1 radical (unpaired) electrons. The molecule has 3 nitrogen and oxygen atoms in total. The lowest BCUT2D eigenvalue weighted by Gasteiger charge is -2.08. The van der Waals surface area contributed by atoms with Gasteiger partial charge < -0.3 is 9.47 Å². The van der Waals surface area contributed by atoms with Crippen molar-refractivity contribution in [2.75, 3.05) is 7.11 Å².